The zero-order valence-electron chi connectivity index (χ0n) is 18.8. The van der Waals surface area contributed by atoms with Crippen LogP contribution in [0, 0.1) is 0 Å². The van der Waals surface area contributed by atoms with Crippen LogP contribution < -0.4 is 0 Å². The molecule has 1 fully saturated rings. The molecule has 0 spiro atoms. The van der Waals surface area contributed by atoms with Gasteiger partial charge >= 0.3 is 6.09 Å². The smallest absolute Gasteiger partial charge is 0.410 e. The lowest BCUT2D eigenvalue weighted by molar-refractivity contribution is -0.0331. The number of hydrogen-bond donors (Lipinski definition) is 0. The minimum absolute atomic E-state index is 0.00903. The molecule has 2 unspecified atom stereocenters. The third-order valence-electron chi connectivity index (χ3n) is 7.22. The van der Waals surface area contributed by atoms with Crippen LogP contribution in [-0.4, -0.2) is 42.9 Å². The number of morpholine rings is 1. The maximum Gasteiger partial charge on any atom is 0.410 e. The van der Waals surface area contributed by atoms with Crippen LogP contribution in [-0.2, 0) is 14.8 Å². The Labute approximate surface area is 208 Å². The predicted molar refractivity (Wildman–Crippen MR) is 137 cm³/mol. The van der Waals surface area contributed by atoms with Gasteiger partial charge in [0.25, 0.3) is 0 Å². The number of rotatable bonds is 4. The molecule has 1 aliphatic carbocycles. The van der Waals surface area contributed by atoms with Crippen molar-refractivity contribution in [1.29, 1.82) is 0 Å². The van der Waals surface area contributed by atoms with E-state index >= 15 is 0 Å². The van der Waals surface area contributed by atoms with Crippen molar-refractivity contribution in [1.82, 2.24) is 4.90 Å². The van der Waals surface area contributed by atoms with Gasteiger partial charge in [-0.1, -0.05) is 94.8 Å². The monoisotopic (exact) mass is 515 g/mol. The Morgan fingerprint density at radius 1 is 0.941 bits per heavy atom. The zero-order valence-corrected chi connectivity index (χ0v) is 20.4. The summed E-state index contributed by atoms with van der Waals surface area (Å²) in [5.41, 5.74) is 8.68. The largest absolute Gasteiger partial charge is 0.448 e. The fourth-order valence-corrected chi connectivity index (χ4v) is 5.94. The molecule has 6 rings (SSSR count). The fraction of sp³-hybridized carbons (Fsp3) is 0.276. The summed E-state index contributed by atoms with van der Waals surface area (Å²) in [5, 5.41) is 0.848. The molecule has 0 aromatic heterocycles. The molecule has 4 nitrogen and oxygen atoms in total. The third kappa shape index (κ3) is 3.77. The standard InChI is InChI=1S/C29H26BrNO3/c30-15-19-9-11-20(12-10-19)21-13-22-16-33-17-23(14-21)31(22)29(32)34-18-28-26-7-3-1-5-24(26)25-6-2-4-8-27(25)28/h1-13,22-23,28H,14-18H2. The second kappa shape index (κ2) is 9.05. The molecule has 0 saturated carbocycles. The van der Waals surface area contributed by atoms with E-state index in [1.165, 1.54) is 39.0 Å². The summed E-state index contributed by atoms with van der Waals surface area (Å²) in [7, 11) is 0. The summed E-state index contributed by atoms with van der Waals surface area (Å²) in [6.45, 7) is 1.38. The van der Waals surface area contributed by atoms with Crippen molar-refractivity contribution in [3.63, 3.8) is 0 Å². The minimum Gasteiger partial charge on any atom is -0.448 e. The number of halogens is 1. The van der Waals surface area contributed by atoms with Gasteiger partial charge in [-0.3, -0.25) is 4.90 Å². The number of nitrogens with zero attached hydrogens (tertiary/aromatic N) is 1. The summed E-state index contributed by atoms with van der Waals surface area (Å²) in [6, 6.07) is 25.4. The lowest BCUT2D eigenvalue weighted by Gasteiger charge is -2.44. The summed E-state index contributed by atoms with van der Waals surface area (Å²) < 4.78 is 11.8. The third-order valence-corrected chi connectivity index (χ3v) is 7.87. The number of alkyl halides is 1. The molecule has 34 heavy (non-hydrogen) atoms. The van der Waals surface area contributed by atoms with E-state index in [0.717, 1.165) is 11.8 Å². The molecule has 2 heterocycles. The Hall–Kier alpha value is -2.89. The predicted octanol–water partition coefficient (Wildman–Crippen LogP) is 6.39. The highest BCUT2D eigenvalue weighted by molar-refractivity contribution is 9.08. The van der Waals surface area contributed by atoms with Crippen LogP contribution in [0.15, 0.2) is 78.9 Å². The highest BCUT2D eigenvalue weighted by atomic mass is 79.9. The zero-order chi connectivity index (χ0) is 23.1. The van der Waals surface area contributed by atoms with Gasteiger partial charge in [0.05, 0.1) is 25.3 Å². The van der Waals surface area contributed by atoms with Gasteiger partial charge in [0.15, 0.2) is 0 Å². The first kappa shape index (κ1) is 21.6. The Balaban J connectivity index is 1.20. The first-order valence-electron chi connectivity index (χ1n) is 11.8. The van der Waals surface area contributed by atoms with Gasteiger partial charge in [0.2, 0.25) is 0 Å². The van der Waals surface area contributed by atoms with Gasteiger partial charge in [-0.05, 0) is 45.4 Å². The fourth-order valence-electron chi connectivity index (χ4n) is 5.57. The molecular weight excluding hydrogens is 490 g/mol. The van der Waals surface area contributed by atoms with Gasteiger partial charge in [-0.2, -0.15) is 0 Å². The van der Waals surface area contributed by atoms with E-state index in [2.05, 4.69) is 94.8 Å². The number of carbonyl (C=O) groups is 1. The van der Waals surface area contributed by atoms with E-state index in [0.29, 0.717) is 19.8 Å². The SMILES string of the molecule is O=C(OCC1c2ccccc2-c2ccccc21)N1C2C=C(c3ccc(CBr)cc3)CC1COC2. The molecule has 1 saturated heterocycles. The van der Waals surface area contributed by atoms with Crippen LogP contribution in [0.5, 0.6) is 0 Å². The summed E-state index contributed by atoms with van der Waals surface area (Å²) in [5.74, 6) is 0.0660. The van der Waals surface area contributed by atoms with E-state index in [9.17, 15) is 4.79 Å². The average molecular weight is 516 g/mol. The molecular formula is C29H26BrNO3. The van der Waals surface area contributed by atoms with Gasteiger partial charge in [0, 0.05) is 11.2 Å². The molecule has 172 valence electrons. The van der Waals surface area contributed by atoms with Crippen LogP contribution in [0.25, 0.3) is 16.7 Å². The van der Waals surface area contributed by atoms with Crippen molar-refractivity contribution in [2.24, 2.45) is 0 Å². The molecule has 5 heteroatoms. The van der Waals surface area contributed by atoms with E-state index in [1.807, 2.05) is 4.90 Å². The van der Waals surface area contributed by atoms with Gasteiger partial charge in [-0.15, -0.1) is 0 Å². The van der Waals surface area contributed by atoms with Crippen LogP contribution in [0.3, 0.4) is 0 Å². The number of amides is 1. The quantitative estimate of drug-likeness (QED) is 0.378. The molecule has 3 aromatic rings. The van der Waals surface area contributed by atoms with E-state index in [1.54, 1.807) is 0 Å². The Kier molecular flexibility index (Phi) is 5.75. The number of hydrogen-bond acceptors (Lipinski definition) is 3. The van der Waals surface area contributed by atoms with Gasteiger partial charge in [0.1, 0.15) is 6.61 Å². The van der Waals surface area contributed by atoms with E-state index in [-0.39, 0.29) is 24.1 Å². The number of benzene rings is 3. The topological polar surface area (TPSA) is 38.8 Å². The molecule has 2 aliphatic heterocycles. The van der Waals surface area contributed by atoms with Crippen molar-refractivity contribution in [3.05, 3.63) is 101 Å². The molecule has 3 aromatic carbocycles. The van der Waals surface area contributed by atoms with Crippen molar-refractivity contribution in [3.8, 4) is 11.1 Å². The maximum atomic E-state index is 13.3. The molecule has 0 radical (unpaired) electrons. The number of carbonyl (C=O) groups excluding carboxylic acids is 1. The normalized spacial score (nSPS) is 21.0. The molecule has 2 bridgehead atoms. The minimum atomic E-state index is -0.245. The highest BCUT2D eigenvalue weighted by Gasteiger charge is 2.39. The van der Waals surface area contributed by atoms with Crippen LogP contribution in [0.4, 0.5) is 4.79 Å². The average Bonchev–Trinajstić information content (AvgIpc) is 3.20. The van der Waals surface area contributed by atoms with Crippen LogP contribution >= 0.6 is 15.9 Å². The highest BCUT2D eigenvalue weighted by Crippen LogP contribution is 2.44. The summed E-state index contributed by atoms with van der Waals surface area (Å²) in [4.78, 5) is 15.2. The molecule has 3 aliphatic rings. The first-order chi connectivity index (χ1) is 16.7. The number of fused-ring (bicyclic) bond motifs is 5. The summed E-state index contributed by atoms with van der Waals surface area (Å²) >= 11 is 3.51. The van der Waals surface area contributed by atoms with Crippen molar-refractivity contribution >= 4 is 27.6 Å². The molecule has 1 amide bonds. The van der Waals surface area contributed by atoms with Crippen molar-refractivity contribution in [2.45, 2.75) is 29.8 Å². The van der Waals surface area contributed by atoms with Crippen LogP contribution in [0.2, 0.25) is 0 Å². The van der Waals surface area contributed by atoms with E-state index < -0.39 is 0 Å². The van der Waals surface area contributed by atoms with Crippen LogP contribution in [0.1, 0.15) is 34.6 Å². The van der Waals surface area contributed by atoms with Crippen molar-refractivity contribution < 1.29 is 14.3 Å². The lowest BCUT2D eigenvalue weighted by atomic mass is 9.90. The lowest BCUT2D eigenvalue weighted by Crippen LogP contribution is -2.56. The second-order valence-corrected chi connectivity index (χ2v) is 9.76. The van der Waals surface area contributed by atoms with E-state index in [4.69, 9.17) is 9.47 Å². The first-order valence-corrected chi connectivity index (χ1v) is 12.9. The molecule has 0 N–H and O–H groups in total. The maximum absolute atomic E-state index is 13.3. The summed E-state index contributed by atoms with van der Waals surface area (Å²) in [6.07, 6.45) is 2.71. The van der Waals surface area contributed by atoms with Gasteiger partial charge in [-0.25, -0.2) is 4.79 Å². The Bertz CT molecular complexity index is 1210. The van der Waals surface area contributed by atoms with Crippen molar-refractivity contribution in [2.75, 3.05) is 19.8 Å². The molecule has 2 atom stereocenters. The Morgan fingerprint density at radius 2 is 1.62 bits per heavy atom. The van der Waals surface area contributed by atoms with Gasteiger partial charge < -0.3 is 9.47 Å². The number of ether oxygens (including phenoxy) is 2. The Morgan fingerprint density at radius 3 is 2.26 bits per heavy atom. The second-order valence-electron chi connectivity index (χ2n) is 9.20.